The van der Waals surface area contributed by atoms with Crippen LogP contribution in [0, 0.1) is 0 Å². The first-order chi connectivity index (χ1) is 5.77. The second-order valence-corrected chi connectivity index (χ2v) is 3.40. The first-order valence-electron chi connectivity index (χ1n) is 4.42. The SMILES string of the molecule is O=C(OC1CC1)N1CCCC1O. The average Bonchev–Trinajstić information content (AvgIpc) is 2.72. The van der Waals surface area contributed by atoms with Gasteiger partial charge in [-0.25, -0.2) is 4.79 Å². The number of nitrogens with zero attached hydrogens (tertiary/aromatic N) is 1. The summed E-state index contributed by atoms with van der Waals surface area (Å²) < 4.78 is 5.04. The van der Waals surface area contributed by atoms with Crippen LogP contribution in [0.1, 0.15) is 25.7 Å². The molecule has 0 aromatic carbocycles. The molecule has 1 amide bonds. The molecule has 68 valence electrons. The second-order valence-electron chi connectivity index (χ2n) is 3.40. The lowest BCUT2D eigenvalue weighted by Gasteiger charge is -2.19. The Hall–Kier alpha value is -0.770. The molecule has 1 aliphatic heterocycles. The predicted octanol–water partition coefficient (Wildman–Crippen LogP) is 0.700. The van der Waals surface area contributed by atoms with E-state index in [1.165, 1.54) is 4.90 Å². The van der Waals surface area contributed by atoms with Gasteiger partial charge in [0.1, 0.15) is 12.3 Å². The van der Waals surface area contributed by atoms with Crippen molar-refractivity contribution in [3.63, 3.8) is 0 Å². The molecular weight excluding hydrogens is 158 g/mol. The molecule has 12 heavy (non-hydrogen) atoms. The van der Waals surface area contributed by atoms with Crippen molar-refractivity contribution in [3.05, 3.63) is 0 Å². The van der Waals surface area contributed by atoms with Crippen molar-refractivity contribution in [1.82, 2.24) is 4.90 Å². The Morgan fingerprint density at radius 2 is 2.17 bits per heavy atom. The summed E-state index contributed by atoms with van der Waals surface area (Å²) in [6.07, 6.45) is 2.69. The van der Waals surface area contributed by atoms with Crippen molar-refractivity contribution in [1.29, 1.82) is 0 Å². The molecule has 1 unspecified atom stereocenters. The van der Waals surface area contributed by atoms with E-state index in [0.29, 0.717) is 13.0 Å². The van der Waals surface area contributed by atoms with E-state index in [1.807, 2.05) is 0 Å². The molecule has 2 aliphatic rings. The number of carbonyl (C=O) groups is 1. The van der Waals surface area contributed by atoms with Crippen molar-refractivity contribution in [3.8, 4) is 0 Å². The summed E-state index contributed by atoms with van der Waals surface area (Å²) in [5.41, 5.74) is 0. The highest BCUT2D eigenvalue weighted by atomic mass is 16.6. The fraction of sp³-hybridized carbons (Fsp3) is 0.875. The Bertz CT molecular complexity index is 191. The van der Waals surface area contributed by atoms with Gasteiger partial charge in [0.2, 0.25) is 0 Å². The lowest BCUT2D eigenvalue weighted by atomic mass is 10.4. The molecule has 4 heteroatoms. The fourth-order valence-electron chi connectivity index (χ4n) is 1.36. The third kappa shape index (κ3) is 1.53. The topological polar surface area (TPSA) is 49.8 Å². The van der Waals surface area contributed by atoms with Gasteiger partial charge in [0.15, 0.2) is 0 Å². The molecule has 0 bridgehead atoms. The highest BCUT2D eigenvalue weighted by molar-refractivity contribution is 5.68. The largest absolute Gasteiger partial charge is 0.446 e. The molecule has 1 saturated carbocycles. The molecule has 1 heterocycles. The lowest BCUT2D eigenvalue weighted by Crippen LogP contribution is -2.36. The summed E-state index contributed by atoms with van der Waals surface area (Å²) in [6, 6.07) is 0. The Morgan fingerprint density at radius 3 is 2.67 bits per heavy atom. The smallest absolute Gasteiger partial charge is 0.412 e. The van der Waals surface area contributed by atoms with Crippen LogP contribution in [0.2, 0.25) is 0 Å². The Morgan fingerprint density at radius 1 is 1.42 bits per heavy atom. The van der Waals surface area contributed by atoms with E-state index in [1.54, 1.807) is 0 Å². The number of rotatable bonds is 1. The van der Waals surface area contributed by atoms with Crippen molar-refractivity contribution in [2.45, 2.75) is 38.0 Å². The molecule has 0 spiro atoms. The number of hydrogen-bond donors (Lipinski definition) is 1. The molecule has 2 rings (SSSR count). The molecule has 0 aromatic rings. The van der Waals surface area contributed by atoms with Gasteiger partial charge in [-0.3, -0.25) is 4.90 Å². The minimum Gasteiger partial charge on any atom is -0.446 e. The molecule has 1 N–H and O–H groups in total. The van der Waals surface area contributed by atoms with E-state index in [2.05, 4.69) is 0 Å². The van der Waals surface area contributed by atoms with Crippen LogP contribution in [0.4, 0.5) is 4.79 Å². The number of carbonyl (C=O) groups excluding carboxylic acids is 1. The zero-order valence-electron chi connectivity index (χ0n) is 6.90. The second kappa shape index (κ2) is 2.94. The summed E-state index contributed by atoms with van der Waals surface area (Å²) in [5, 5.41) is 9.32. The summed E-state index contributed by atoms with van der Waals surface area (Å²) in [5.74, 6) is 0. The molecule has 0 radical (unpaired) electrons. The van der Waals surface area contributed by atoms with Crippen LogP contribution in [0.25, 0.3) is 0 Å². The van der Waals surface area contributed by atoms with Crippen molar-refractivity contribution >= 4 is 6.09 Å². The molecule has 1 atom stereocenters. The Labute approximate surface area is 71.1 Å². The molecular formula is C8H13NO3. The van der Waals surface area contributed by atoms with E-state index in [-0.39, 0.29) is 12.2 Å². The molecule has 4 nitrogen and oxygen atoms in total. The minimum absolute atomic E-state index is 0.130. The van der Waals surface area contributed by atoms with Crippen LogP contribution in [-0.4, -0.2) is 35.0 Å². The zero-order chi connectivity index (χ0) is 8.55. The maximum atomic E-state index is 11.2. The van der Waals surface area contributed by atoms with Crippen LogP contribution >= 0.6 is 0 Å². The van der Waals surface area contributed by atoms with Gasteiger partial charge >= 0.3 is 6.09 Å². The van der Waals surface area contributed by atoms with Gasteiger partial charge in [-0.1, -0.05) is 0 Å². The Kier molecular flexibility index (Phi) is 1.92. The number of ether oxygens (including phenoxy) is 1. The first-order valence-corrected chi connectivity index (χ1v) is 4.42. The van der Waals surface area contributed by atoms with Gasteiger partial charge in [-0.15, -0.1) is 0 Å². The van der Waals surface area contributed by atoms with Gasteiger partial charge in [0.05, 0.1) is 0 Å². The average molecular weight is 171 g/mol. The zero-order valence-corrected chi connectivity index (χ0v) is 6.90. The van der Waals surface area contributed by atoms with E-state index < -0.39 is 6.23 Å². The van der Waals surface area contributed by atoms with Crippen molar-refractivity contribution in [2.24, 2.45) is 0 Å². The third-order valence-corrected chi connectivity index (χ3v) is 2.25. The van der Waals surface area contributed by atoms with Crippen LogP contribution in [-0.2, 0) is 4.74 Å². The standard InChI is InChI=1S/C8H13NO3/c10-7-2-1-5-9(7)8(11)12-6-3-4-6/h6-7,10H,1-5H2. The molecule has 0 aromatic heterocycles. The van der Waals surface area contributed by atoms with Crippen LogP contribution in [0.3, 0.4) is 0 Å². The van der Waals surface area contributed by atoms with E-state index >= 15 is 0 Å². The van der Waals surface area contributed by atoms with Crippen molar-refractivity contribution < 1.29 is 14.6 Å². The quantitative estimate of drug-likeness (QED) is 0.631. The van der Waals surface area contributed by atoms with Crippen LogP contribution in [0.5, 0.6) is 0 Å². The van der Waals surface area contributed by atoms with Gasteiger partial charge in [0.25, 0.3) is 0 Å². The van der Waals surface area contributed by atoms with E-state index in [9.17, 15) is 9.90 Å². The highest BCUT2D eigenvalue weighted by Crippen LogP contribution is 2.26. The lowest BCUT2D eigenvalue weighted by molar-refractivity contribution is 0.0220. The number of hydrogen-bond acceptors (Lipinski definition) is 3. The summed E-state index contributed by atoms with van der Waals surface area (Å²) in [4.78, 5) is 12.7. The van der Waals surface area contributed by atoms with Gasteiger partial charge < -0.3 is 9.84 Å². The van der Waals surface area contributed by atoms with E-state index in [4.69, 9.17) is 4.74 Å². The number of aliphatic hydroxyl groups excluding tert-OH is 1. The van der Waals surface area contributed by atoms with Gasteiger partial charge in [-0.05, 0) is 25.7 Å². The summed E-state index contributed by atoms with van der Waals surface area (Å²) >= 11 is 0. The van der Waals surface area contributed by atoms with Gasteiger partial charge in [0, 0.05) is 6.54 Å². The maximum Gasteiger partial charge on any atom is 0.412 e. The first kappa shape index (κ1) is 7.86. The minimum atomic E-state index is -0.615. The maximum absolute atomic E-state index is 11.2. The molecule has 1 saturated heterocycles. The number of likely N-dealkylation sites (tertiary alicyclic amines) is 1. The monoisotopic (exact) mass is 171 g/mol. The van der Waals surface area contributed by atoms with Crippen LogP contribution < -0.4 is 0 Å². The number of amides is 1. The predicted molar refractivity (Wildman–Crippen MR) is 41.4 cm³/mol. The van der Waals surface area contributed by atoms with Crippen LogP contribution in [0.15, 0.2) is 0 Å². The third-order valence-electron chi connectivity index (χ3n) is 2.25. The molecule has 2 fully saturated rings. The Balaban J connectivity index is 1.84. The fourth-order valence-corrected chi connectivity index (χ4v) is 1.36. The highest BCUT2D eigenvalue weighted by Gasteiger charge is 2.33. The molecule has 1 aliphatic carbocycles. The van der Waals surface area contributed by atoms with E-state index in [0.717, 1.165) is 19.3 Å². The summed E-state index contributed by atoms with van der Waals surface area (Å²) in [7, 11) is 0. The van der Waals surface area contributed by atoms with Crippen molar-refractivity contribution in [2.75, 3.05) is 6.54 Å². The summed E-state index contributed by atoms with van der Waals surface area (Å²) in [6.45, 7) is 0.632. The normalized spacial score (nSPS) is 29.1. The number of aliphatic hydroxyl groups is 1. The van der Waals surface area contributed by atoms with Gasteiger partial charge in [-0.2, -0.15) is 0 Å².